The van der Waals surface area contributed by atoms with E-state index in [1.165, 1.54) is 29.2 Å². The van der Waals surface area contributed by atoms with Crippen molar-refractivity contribution in [1.82, 2.24) is 0 Å². The Hall–Kier alpha value is -1.66. The average molecular weight is 284 g/mol. The molecule has 1 aromatic carbocycles. The number of rotatable bonds is 6. The zero-order valence-electron chi connectivity index (χ0n) is 11.3. The molecule has 2 rings (SSSR count). The highest BCUT2D eigenvalue weighted by Gasteiger charge is 2.14. The summed E-state index contributed by atoms with van der Waals surface area (Å²) in [6.07, 6.45) is 0. The van der Waals surface area contributed by atoms with E-state index in [9.17, 15) is 9.18 Å². The van der Waals surface area contributed by atoms with Crippen LogP contribution in [0.4, 0.5) is 4.39 Å². The fourth-order valence-electron chi connectivity index (χ4n) is 1.93. The number of morpholine rings is 1. The Morgan fingerprint density at radius 2 is 1.95 bits per heavy atom. The summed E-state index contributed by atoms with van der Waals surface area (Å²) in [6, 6.07) is 5.51. The normalized spacial score (nSPS) is 15.8. The summed E-state index contributed by atoms with van der Waals surface area (Å²) in [4.78, 5) is 12.8. The number of hydrogen-bond acceptors (Lipinski definition) is 4. The molecule has 0 amide bonds. The van der Waals surface area contributed by atoms with Crippen LogP contribution in [0.2, 0.25) is 0 Å². The lowest BCUT2D eigenvalue weighted by molar-refractivity contribution is -0.908. The van der Waals surface area contributed by atoms with Crippen molar-refractivity contribution in [1.29, 1.82) is 0 Å². The van der Waals surface area contributed by atoms with Gasteiger partial charge >= 0.3 is 5.97 Å². The van der Waals surface area contributed by atoms with E-state index in [0.717, 1.165) is 32.8 Å². The SMILES string of the molecule is O=C(COc1ccc(F)cc1)OCC[NH+]1CCOCC1. The number of nitrogens with one attached hydrogen (secondary N) is 1. The molecule has 0 spiro atoms. The van der Waals surface area contributed by atoms with Gasteiger partial charge in [0.25, 0.3) is 0 Å². The van der Waals surface area contributed by atoms with Crippen LogP contribution in [0, 0.1) is 5.82 Å². The lowest BCUT2D eigenvalue weighted by atomic mass is 10.3. The van der Waals surface area contributed by atoms with Crippen LogP contribution in [0.1, 0.15) is 0 Å². The van der Waals surface area contributed by atoms with Crippen LogP contribution in [-0.2, 0) is 14.3 Å². The lowest BCUT2D eigenvalue weighted by Crippen LogP contribution is -3.14. The minimum Gasteiger partial charge on any atom is -0.482 e. The monoisotopic (exact) mass is 284 g/mol. The van der Waals surface area contributed by atoms with E-state index >= 15 is 0 Å². The van der Waals surface area contributed by atoms with Gasteiger partial charge in [-0.15, -0.1) is 0 Å². The van der Waals surface area contributed by atoms with E-state index in [4.69, 9.17) is 14.2 Å². The maximum absolute atomic E-state index is 12.7. The number of carbonyl (C=O) groups excluding carboxylic acids is 1. The van der Waals surface area contributed by atoms with E-state index in [2.05, 4.69) is 0 Å². The van der Waals surface area contributed by atoms with Gasteiger partial charge in [-0.2, -0.15) is 0 Å². The highest BCUT2D eigenvalue weighted by molar-refractivity contribution is 5.71. The summed E-state index contributed by atoms with van der Waals surface area (Å²) in [6.45, 7) is 4.41. The first-order chi connectivity index (χ1) is 9.74. The minimum atomic E-state index is -0.415. The van der Waals surface area contributed by atoms with E-state index in [0.29, 0.717) is 12.4 Å². The fourth-order valence-corrected chi connectivity index (χ4v) is 1.93. The smallest absolute Gasteiger partial charge is 0.344 e. The van der Waals surface area contributed by atoms with E-state index in [1.807, 2.05) is 0 Å². The Morgan fingerprint density at radius 1 is 1.25 bits per heavy atom. The standard InChI is InChI=1S/C14H18FNO4/c15-12-1-3-13(4-2-12)20-11-14(17)19-10-7-16-5-8-18-9-6-16/h1-4H,5-11H2/p+1. The number of esters is 1. The van der Waals surface area contributed by atoms with Gasteiger partial charge in [0.2, 0.25) is 0 Å². The molecule has 0 radical (unpaired) electrons. The van der Waals surface area contributed by atoms with Crippen molar-refractivity contribution < 1.29 is 28.3 Å². The Labute approximate surface area is 117 Å². The number of quaternary nitrogens is 1. The van der Waals surface area contributed by atoms with Crippen molar-refractivity contribution in [3.05, 3.63) is 30.1 Å². The summed E-state index contributed by atoms with van der Waals surface area (Å²) < 4.78 is 28.2. The van der Waals surface area contributed by atoms with Crippen LogP contribution in [0.15, 0.2) is 24.3 Å². The van der Waals surface area contributed by atoms with Gasteiger partial charge in [0.1, 0.15) is 37.8 Å². The number of halogens is 1. The molecule has 20 heavy (non-hydrogen) atoms. The highest BCUT2D eigenvalue weighted by atomic mass is 19.1. The fraction of sp³-hybridized carbons (Fsp3) is 0.500. The van der Waals surface area contributed by atoms with Gasteiger partial charge in [-0.3, -0.25) is 0 Å². The van der Waals surface area contributed by atoms with Crippen molar-refractivity contribution >= 4 is 5.97 Å². The highest BCUT2D eigenvalue weighted by Crippen LogP contribution is 2.10. The molecule has 0 aliphatic carbocycles. The van der Waals surface area contributed by atoms with Crippen LogP contribution < -0.4 is 9.64 Å². The minimum absolute atomic E-state index is 0.163. The number of carbonyl (C=O) groups is 1. The van der Waals surface area contributed by atoms with Gasteiger partial charge in [-0.05, 0) is 24.3 Å². The number of hydrogen-bond donors (Lipinski definition) is 1. The first-order valence-electron chi connectivity index (χ1n) is 6.69. The maximum atomic E-state index is 12.7. The third-order valence-electron chi connectivity index (χ3n) is 3.09. The van der Waals surface area contributed by atoms with Gasteiger partial charge in [0, 0.05) is 0 Å². The molecule has 1 heterocycles. The molecule has 110 valence electrons. The third kappa shape index (κ3) is 5.14. The van der Waals surface area contributed by atoms with Crippen LogP contribution >= 0.6 is 0 Å². The Kier molecular flexibility index (Phi) is 5.76. The van der Waals surface area contributed by atoms with Crippen molar-refractivity contribution in [2.24, 2.45) is 0 Å². The molecule has 1 aliphatic heterocycles. The van der Waals surface area contributed by atoms with E-state index in [1.54, 1.807) is 0 Å². The van der Waals surface area contributed by atoms with Gasteiger partial charge in [-0.25, -0.2) is 9.18 Å². The predicted molar refractivity (Wildman–Crippen MR) is 69.2 cm³/mol. The molecule has 0 atom stereocenters. The molecule has 0 saturated carbocycles. The molecule has 1 N–H and O–H groups in total. The zero-order valence-corrected chi connectivity index (χ0v) is 11.3. The molecule has 0 bridgehead atoms. The van der Waals surface area contributed by atoms with Crippen molar-refractivity contribution in [2.75, 3.05) is 46.1 Å². The molecule has 6 heteroatoms. The molecular weight excluding hydrogens is 265 g/mol. The van der Waals surface area contributed by atoms with Crippen LogP contribution in [-0.4, -0.2) is 52.0 Å². The number of ether oxygens (including phenoxy) is 3. The second-order valence-corrected chi connectivity index (χ2v) is 4.58. The van der Waals surface area contributed by atoms with Crippen LogP contribution in [0.25, 0.3) is 0 Å². The van der Waals surface area contributed by atoms with Crippen molar-refractivity contribution in [3.63, 3.8) is 0 Å². The van der Waals surface area contributed by atoms with Crippen molar-refractivity contribution in [3.8, 4) is 5.75 Å². The molecular formula is C14H19FNO4+. The van der Waals surface area contributed by atoms with E-state index < -0.39 is 5.97 Å². The molecule has 5 nitrogen and oxygen atoms in total. The lowest BCUT2D eigenvalue weighted by Gasteiger charge is -2.23. The van der Waals surface area contributed by atoms with Gasteiger partial charge < -0.3 is 19.1 Å². The van der Waals surface area contributed by atoms with Gasteiger partial charge in [-0.1, -0.05) is 0 Å². The first kappa shape index (κ1) is 14.7. The van der Waals surface area contributed by atoms with Crippen LogP contribution in [0.5, 0.6) is 5.75 Å². The molecule has 1 fully saturated rings. The van der Waals surface area contributed by atoms with Gasteiger partial charge in [0.05, 0.1) is 13.2 Å². The van der Waals surface area contributed by atoms with Crippen LogP contribution in [0.3, 0.4) is 0 Å². The number of benzene rings is 1. The summed E-state index contributed by atoms with van der Waals surface area (Å²) in [7, 11) is 0. The Balaban J connectivity index is 1.59. The first-order valence-corrected chi connectivity index (χ1v) is 6.69. The molecule has 0 unspecified atom stereocenters. The second-order valence-electron chi connectivity index (χ2n) is 4.58. The summed E-state index contributed by atoms with van der Waals surface area (Å²) in [5.41, 5.74) is 0. The maximum Gasteiger partial charge on any atom is 0.344 e. The van der Waals surface area contributed by atoms with E-state index in [-0.39, 0.29) is 12.4 Å². The van der Waals surface area contributed by atoms with Crippen molar-refractivity contribution in [2.45, 2.75) is 0 Å². The summed E-state index contributed by atoms with van der Waals surface area (Å²) in [5.74, 6) is -0.308. The predicted octanol–water partition coefficient (Wildman–Crippen LogP) is -0.337. The summed E-state index contributed by atoms with van der Waals surface area (Å²) in [5, 5.41) is 0. The molecule has 1 aliphatic rings. The average Bonchev–Trinajstić information content (AvgIpc) is 2.48. The summed E-state index contributed by atoms with van der Waals surface area (Å²) >= 11 is 0. The largest absolute Gasteiger partial charge is 0.482 e. The van der Waals surface area contributed by atoms with Gasteiger partial charge in [0.15, 0.2) is 6.61 Å². The molecule has 1 saturated heterocycles. The quantitative estimate of drug-likeness (QED) is 0.726. The second kappa shape index (κ2) is 7.81. The Bertz CT molecular complexity index is 418. The third-order valence-corrected chi connectivity index (χ3v) is 3.09. The topological polar surface area (TPSA) is 49.2 Å². The molecule has 0 aromatic heterocycles. The zero-order chi connectivity index (χ0) is 14.2. The molecule has 1 aromatic rings. The Morgan fingerprint density at radius 3 is 2.65 bits per heavy atom.